The average molecular weight is 160 g/mol. The molecule has 1 aromatic rings. The second kappa shape index (κ2) is 3.57. The van der Waals surface area contributed by atoms with Gasteiger partial charge in [-0.25, -0.2) is 0 Å². The van der Waals surface area contributed by atoms with Gasteiger partial charge in [0.2, 0.25) is 0 Å². The number of hydrogen-bond acceptors (Lipinski definition) is 0. The Morgan fingerprint density at radius 3 is 1.92 bits per heavy atom. The van der Waals surface area contributed by atoms with Crippen LogP contribution >= 0.6 is 0 Å². The molecule has 12 heavy (non-hydrogen) atoms. The summed E-state index contributed by atoms with van der Waals surface area (Å²) in [6, 6.07) is 4.45. The lowest BCUT2D eigenvalue weighted by Crippen LogP contribution is -1.87. The Hall–Kier alpha value is -1.04. The van der Waals surface area contributed by atoms with E-state index in [1.165, 1.54) is 22.3 Å². The molecule has 0 aliphatic carbocycles. The number of rotatable bonds is 1. The predicted molar refractivity (Wildman–Crippen MR) is 55.4 cm³/mol. The molecule has 0 amide bonds. The van der Waals surface area contributed by atoms with E-state index in [0.29, 0.717) is 0 Å². The Kier molecular flexibility index (Phi) is 2.69. The third-order valence-corrected chi connectivity index (χ3v) is 2.07. The van der Waals surface area contributed by atoms with Crippen molar-refractivity contribution in [3.63, 3.8) is 0 Å². The lowest BCUT2D eigenvalue weighted by molar-refractivity contribution is 1.30. The Morgan fingerprint density at radius 1 is 1.00 bits per heavy atom. The van der Waals surface area contributed by atoms with E-state index in [-0.39, 0.29) is 0 Å². The van der Waals surface area contributed by atoms with Crippen molar-refractivity contribution in [2.45, 2.75) is 27.7 Å². The number of aryl methyl sites for hydroxylation is 3. The minimum Gasteiger partial charge on any atom is -0.0870 e. The monoisotopic (exact) mass is 160 g/mol. The Morgan fingerprint density at radius 2 is 1.50 bits per heavy atom. The summed E-state index contributed by atoms with van der Waals surface area (Å²) in [7, 11) is 0. The van der Waals surface area contributed by atoms with Gasteiger partial charge in [0.1, 0.15) is 0 Å². The van der Waals surface area contributed by atoms with Crippen molar-refractivity contribution in [1.29, 1.82) is 0 Å². The molecule has 0 saturated heterocycles. The van der Waals surface area contributed by atoms with Crippen molar-refractivity contribution in [2.75, 3.05) is 0 Å². The van der Waals surface area contributed by atoms with Crippen molar-refractivity contribution in [1.82, 2.24) is 0 Å². The Bertz CT molecular complexity index is 283. The van der Waals surface area contributed by atoms with Gasteiger partial charge in [0, 0.05) is 0 Å². The minimum absolute atomic E-state index is 1.35. The third kappa shape index (κ3) is 1.76. The van der Waals surface area contributed by atoms with Crippen molar-refractivity contribution in [3.8, 4) is 0 Å². The average Bonchev–Trinajstić information content (AvgIpc) is 1.96. The zero-order chi connectivity index (χ0) is 9.14. The SMILES string of the molecule is C/C=C\c1c(C)cc(C)cc1C. The molecule has 0 bridgehead atoms. The Balaban J connectivity index is 3.28. The van der Waals surface area contributed by atoms with E-state index < -0.39 is 0 Å². The van der Waals surface area contributed by atoms with Crippen LogP contribution in [0.25, 0.3) is 6.08 Å². The van der Waals surface area contributed by atoms with Crippen LogP contribution in [0.5, 0.6) is 0 Å². The molecule has 1 aromatic carbocycles. The summed E-state index contributed by atoms with van der Waals surface area (Å²) in [5.41, 5.74) is 5.44. The first-order chi connectivity index (χ1) is 5.65. The molecule has 0 spiro atoms. The molecule has 64 valence electrons. The fourth-order valence-corrected chi connectivity index (χ4v) is 1.62. The van der Waals surface area contributed by atoms with Crippen molar-refractivity contribution in [2.24, 2.45) is 0 Å². The van der Waals surface area contributed by atoms with Crippen LogP contribution in [-0.4, -0.2) is 0 Å². The molecule has 0 aromatic heterocycles. The maximum Gasteiger partial charge on any atom is -0.0201 e. The standard InChI is InChI=1S/C12H16/c1-5-6-12-10(3)7-9(2)8-11(12)4/h5-8H,1-4H3/b6-5-. The molecule has 0 heteroatoms. The second-order valence-electron chi connectivity index (χ2n) is 3.31. The van der Waals surface area contributed by atoms with E-state index in [9.17, 15) is 0 Å². The lowest BCUT2D eigenvalue weighted by atomic mass is 10.00. The molecular formula is C12H16. The highest BCUT2D eigenvalue weighted by Crippen LogP contribution is 2.17. The third-order valence-electron chi connectivity index (χ3n) is 2.07. The summed E-state index contributed by atoms with van der Waals surface area (Å²) in [6.45, 7) is 8.52. The van der Waals surface area contributed by atoms with Crippen molar-refractivity contribution in [3.05, 3.63) is 40.5 Å². The quantitative estimate of drug-likeness (QED) is 0.588. The molecule has 0 radical (unpaired) electrons. The topological polar surface area (TPSA) is 0 Å². The van der Waals surface area contributed by atoms with E-state index in [1.807, 2.05) is 0 Å². The van der Waals surface area contributed by atoms with Gasteiger partial charge in [0.25, 0.3) is 0 Å². The van der Waals surface area contributed by atoms with Gasteiger partial charge in [0.15, 0.2) is 0 Å². The number of allylic oxidation sites excluding steroid dienone is 1. The van der Waals surface area contributed by atoms with Gasteiger partial charge in [0.05, 0.1) is 0 Å². The second-order valence-corrected chi connectivity index (χ2v) is 3.31. The molecular weight excluding hydrogens is 144 g/mol. The van der Waals surface area contributed by atoms with Crippen molar-refractivity contribution >= 4 is 6.08 Å². The first kappa shape index (κ1) is 9.05. The van der Waals surface area contributed by atoms with Crippen LogP contribution in [0.15, 0.2) is 18.2 Å². The smallest absolute Gasteiger partial charge is 0.0201 e. The first-order valence-corrected chi connectivity index (χ1v) is 4.35. The largest absolute Gasteiger partial charge is 0.0870 e. The zero-order valence-electron chi connectivity index (χ0n) is 8.31. The summed E-state index contributed by atoms with van der Waals surface area (Å²) in [5, 5.41) is 0. The zero-order valence-corrected chi connectivity index (χ0v) is 8.31. The van der Waals surface area contributed by atoms with Gasteiger partial charge in [-0.2, -0.15) is 0 Å². The van der Waals surface area contributed by atoms with E-state index in [0.717, 1.165) is 0 Å². The highest BCUT2D eigenvalue weighted by molar-refractivity contribution is 5.58. The van der Waals surface area contributed by atoms with Crippen LogP contribution in [0, 0.1) is 20.8 Å². The van der Waals surface area contributed by atoms with Gasteiger partial charge in [-0.3, -0.25) is 0 Å². The first-order valence-electron chi connectivity index (χ1n) is 4.35. The van der Waals surface area contributed by atoms with Crippen LogP contribution in [0.2, 0.25) is 0 Å². The molecule has 0 atom stereocenters. The van der Waals surface area contributed by atoms with Gasteiger partial charge >= 0.3 is 0 Å². The molecule has 0 aliphatic heterocycles. The summed E-state index contributed by atoms with van der Waals surface area (Å²) >= 11 is 0. The Labute approximate surface area is 74.9 Å². The van der Waals surface area contributed by atoms with E-state index in [2.05, 4.69) is 52.0 Å². The highest BCUT2D eigenvalue weighted by Gasteiger charge is 1.98. The fourth-order valence-electron chi connectivity index (χ4n) is 1.62. The van der Waals surface area contributed by atoms with Crippen LogP contribution in [0.3, 0.4) is 0 Å². The summed E-state index contributed by atoms with van der Waals surface area (Å²) in [4.78, 5) is 0. The molecule has 0 fully saturated rings. The van der Waals surface area contributed by atoms with Crippen LogP contribution in [-0.2, 0) is 0 Å². The minimum atomic E-state index is 1.35. The predicted octanol–water partition coefficient (Wildman–Crippen LogP) is 3.64. The van der Waals surface area contributed by atoms with E-state index in [4.69, 9.17) is 0 Å². The molecule has 1 rings (SSSR count). The van der Waals surface area contributed by atoms with Crippen molar-refractivity contribution < 1.29 is 0 Å². The van der Waals surface area contributed by atoms with E-state index in [1.54, 1.807) is 0 Å². The molecule has 0 nitrogen and oxygen atoms in total. The lowest BCUT2D eigenvalue weighted by Gasteiger charge is -2.06. The summed E-state index contributed by atoms with van der Waals surface area (Å²) in [5.74, 6) is 0. The van der Waals surface area contributed by atoms with Gasteiger partial charge in [-0.15, -0.1) is 0 Å². The van der Waals surface area contributed by atoms with E-state index >= 15 is 0 Å². The molecule has 0 heterocycles. The summed E-state index contributed by atoms with van der Waals surface area (Å²) in [6.07, 6.45) is 4.26. The van der Waals surface area contributed by atoms with Gasteiger partial charge in [-0.05, 0) is 44.4 Å². The molecule has 0 N–H and O–H groups in total. The number of hydrogen-bond donors (Lipinski definition) is 0. The van der Waals surface area contributed by atoms with Crippen LogP contribution in [0.4, 0.5) is 0 Å². The van der Waals surface area contributed by atoms with Crippen LogP contribution in [0.1, 0.15) is 29.2 Å². The fraction of sp³-hybridized carbons (Fsp3) is 0.333. The number of benzene rings is 1. The summed E-state index contributed by atoms with van der Waals surface area (Å²) < 4.78 is 0. The maximum absolute atomic E-state index is 2.22. The highest BCUT2D eigenvalue weighted by atomic mass is 14.0. The van der Waals surface area contributed by atoms with Gasteiger partial charge in [-0.1, -0.05) is 29.8 Å². The van der Waals surface area contributed by atoms with Crippen LogP contribution < -0.4 is 0 Å². The normalized spacial score (nSPS) is 11.0. The maximum atomic E-state index is 2.22. The van der Waals surface area contributed by atoms with Gasteiger partial charge < -0.3 is 0 Å². The molecule has 0 saturated carbocycles. The molecule has 0 aliphatic rings. The molecule has 0 unspecified atom stereocenters.